The molecule has 0 rings (SSSR count). The largest absolute Gasteiger partial charge is 0.354 e. The summed E-state index contributed by atoms with van der Waals surface area (Å²) >= 11 is 0. The molecule has 0 saturated carbocycles. The Hall–Kier alpha value is -1.63. The van der Waals surface area contributed by atoms with Crippen molar-refractivity contribution in [1.82, 2.24) is 16.0 Å². The van der Waals surface area contributed by atoms with Gasteiger partial charge in [0, 0.05) is 6.54 Å². The average Bonchev–Trinajstić information content (AvgIpc) is 2.30. The summed E-state index contributed by atoms with van der Waals surface area (Å²) < 4.78 is 0. The maximum absolute atomic E-state index is 11.2. The molecule has 0 heterocycles. The number of carbonyl (C=O) groups is 3. The number of carbonyl (C=O) groups excluding carboxylic acids is 3. The molecule has 0 saturated heterocycles. The molecule has 0 aliphatic heterocycles. The van der Waals surface area contributed by atoms with Gasteiger partial charge >= 0.3 is 0 Å². The Labute approximate surface area is 100 Å². The number of nitrogens with one attached hydrogen (secondary N) is 3. The normalized spacial score (nSPS) is 9.88. The van der Waals surface area contributed by atoms with Gasteiger partial charge in [-0.3, -0.25) is 14.4 Å². The van der Waals surface area contributed by atoms with Crippen molar-refractivity contribution in [3.63, 3.8) is 0 Å². The van der Waals surface area contributed by atoms with Gasteiger partial charge in [-0.25, -0.2) is 0 Å². The third-order valence-corrected chi connectivity index (χ3v) is 1.79. The Kier molecular flexibility index (Phi) is 7.70. The Morgan fingerprint density at radius 1 is 0.941 bits per heavy atom. The van der Waals surface area contributed by atoms with E-state index in [9.17, 15) is 14.4 Å². The van der Waals surface area contributed by atoms with Gasteiger partial charge in [0.25, 0.3) is 0 Å². The zero-order chi connectivity index (χ0) is 13.3. The SMILES string of the molecule is CC(C)CNC(=O)CNC(=O)CNC(=O)CN. The predicted molar refractivity (Wildman–Crippen MR) is 62.9 cm³/mol. The van der Waals surface area contributed by atoms with E-state index in [4.69, 9.17) is 5.73 Å². The summed E-state index contributed by atoms with van der Waals surface area (Å²) in [5, 5.41) is 7.33. The van der Waals surface area contributed by atoms with Crippen LogP contribution in [0.3, 0.4) is 0 Å². The highest BCUT2D eigenvalue weighted by molar-refractivity contribution is 5.88. The minimum absolute atomic E-state index is 0.0932. The van der Waals surface area contributed by atoms with Crippen LogP contribution in [0.1, 0.15) is 13.8 Å². The van der Waals surface area contributed by atoms with E-state index in [1.807, 2.05) is 13.8 Å². The molecular weight excluding hydrogens is 224 g/mol. The van der Waals surface area contributed by atoms with Crippen molar-refractivity contribution < 1.29 is 14.4 Å². The van der Waals surface area contributed by atoms with Crippen LogP contribution in [0.25, 0.3) is 0 Å². The summed E-state index contributed by atoms with van der Waals surface area (Å²) in [6, 6.07) is 0. The third kappa shape index (κ3) is 9.31. The van der Waals surface area contributed by atoms with Crippen molar-refractivity contribution in [2.24, 2.45) is 11.7 Å². The molecular formula is C10H20N4O3. The molecule has 98 valence electrons. The van der Waals surface area contributed by atoms with Crippen molar-refractivity contribution in [2.45, 2.75) is 13.8 Å². The van der Waals surface area contributed by atoms with E-state index in [0.29, 0.717) is 12.5 Å². The van der Waals surface area contributed by atoms with Crippen LogP contribution in [0.15, 0.2) is 0 Å². The molecule has 0 aromatic heterocycles. The molecule has 0 bridgehead atoms. The first-order chi connectivity index (χ1) is 7.95. The van der Waals surface area contributed by atoms with Crippen molar-refractivity contribution in [3.8, 4) is 0 Å². The maximum Gasteiger partial charge on any atom is 0.239 e. The van der Waals surface area contributed by atoms with Gasteiger partial charge in [0.15, 0.2) is 0 Å². The molecule has 0 fully saturated rings. The number of nitrogens with two attached hydrogens (primary N) is 1. The second-order valence-corrected chi connectivity index (χ2v) is 3.96. The number of amides is 3. The zero-order valence-corrected chi connectivity index (χ0v) is 10.2. The average molecular weight is 244 g/mol. The fraction of sp³-hybridized carbons (Fsp3) is 0.700. The Bertz CT molecular complexity index is 279. The Balaban J connectivity index is 3.62. The number of hydrogen-bond donors (Lipinski definition) is 4. The van der Waals surface area contributed by atoms with Crippen LogP contribution in [0, 0.1) is 5.92 Å². The molecule has 0 aromatic carbocycles. The fourth-order valence-corrected chi connectivity index (χ4v) is 0.873. The molecule has 0 aromatic rings. The van der Waals surface area contributed by atoms with E-state index >= 15 is 0 Å². The molecule has 7 heteroatoms. The minimum Gasteiger partial charge on any atom is -0.354 e. The predicted octanol–water partition coefficient (Wildman–Crippen LogP) is -2.05. The number of rotatable bonds is 7. The van der Waals surface area contributed by atoms with Crippen LogP contribution >= 0.6 is 0 Å². The van der Waals surface area contributed by atoms with E-state index in [1.54, 1.807) is 0 Å². The van der Waals surface area contributed by atoms with Gasteiger partial charge in [0.2, 0.25) is 17.7 Å². The van der Waals surface area contributed by atoms with E-state index in [0.717, 1.165) is 0 Å². The lowest BCUT2D eigenvalue weighted by molar-refractivity contribution is -0.127. The first-order valence-electron chi connectivity index (χ1n) is 5.45. The first-order valence-corrected chi connectivity index (χ1v) is 5.45. The van der Waals surface area contributed by atoms with Gasteiger partial charge in [-0.15, -0.1) is 0 Å². The molecule has 0 atom stereocenters. The molecule has 5 N–H and O–H groups in total. The highest BCUT2D eigenvalue weighted by Crippen LogP contribution is 1.86. The molecule has 0 spiro atoms. The van der Waals surface area contributed by atoms with Gasteiger partial charge in [0.1, 0.15) is 0 Å². The van der Waals surface area contributed by atoms with Gasteiger partial charge in [0.05, 0.1) is 19.6 Å². The highest BCUT2D eigenvalue weighted by atomic mass is 16.2. The highest BCUT2D eigenvalue weighted by Gasteiger charge is 2.06. The summed E-state index contributed by atoms with van der Waals surface area (Å²) in [6.07, 6.45) is 0. The minimum atomic E-state index is -0.425. The third-order valence-electron chi connectivity index (χ3n) is 1.79. The summed E-state index contributed by atoms with van der Waals surface area (Å²) in [7, 11) is 0. The van der Waals surface area contributed by atoms with E-state index in [-0.39, 0.29) is 25.5 Å². The van der Waals surface area contributed by atoms with E-state index in [1.165, 1.54) is 0 Å². The van der Waals surface area contributed by atoms with Crippen LogP contribution < -0.4 is 21.7 Å². The monoisotopic (exact) mass is 244 g/mol. The van der Waals surface area contributed by atoms with Crippen LogP contribution in [0.5, 0.6) is 0 Å². The Morgan fingerprint density at radius 2 is 1.41 bits per heavy atom. The summed E-state index contributed by atoms with van der Waals surface area (Å²) in [6.45, 7) is 4.08. The van der Waals surface area contributed by atoms with E-state index < -0.39 is 11.8 Å². The van der Waals surface area contributed by atoms with Gasteiger partial charge in [-0.2, -0.15) is 0 Å². The second-order valence-electron chi connectivity index (χ2n) is 3.96. The number of hydrogen-bond acceptors (Lipinski definition) is 4. The zero-order valence-electron chi connectivity index (χ0n) is 10.2. The second kappa shape index (κ2) is 8.51. The first kappa shape index (κ1) is 15.4. The molecule has 0 unspecified atom stereocenters. The molecule has 0 aliphatic carbocycles. The summed E-state index contributed by atoms with van der Waals surface area (Å²) in [4.78, 5) is 33.1. The van der Waals surface area contributed by atoms with Crippen molar-refractivity contribution in [3.05, 3.63) is 0 Å². The van der Waals surface area contributed by atoms with Crippen LogP contribution in [0.4, 0.5) is 0 Å². The lowest BCUT2D eigenvalue weighted by atomic mass is 10.2. The molecule has 17 heavy (non-hydrogen) atoms. The van der Waals surface area contributed by atoms with Gasteiger partial charge in [-0.1, -0.05) is 13.8 Å². The summed E-state index contributed by atoms with van der Waals surface area (Å²) in [5.41, 5.74) is 5.04. The van der Waals surface area contributed by atoms with E-state index in [2.05, 4.69) is 16.0 Å². The fourth-order valence-electron chi connectivity index (χ4n) is 0.873. The lowest BCUT2D eigenvalue weighted by Gasteiger charge is -2.08. The summed E-state index contributed by atoms with van der Waals surface area (Å²) in [5.74, 6) is -0.730. The smallest absolute Gasteiger partial charge is 0.239 e. The van der Waals surface area contributed by atoms with Crippen LogP contribution in [0.2, 0.25) is 0 Å². The maximum atomic E-state index is 11.2. The molecule has 3 amide bonds. The van der Waals surface area contributed by atoms with Crippen molar-refractivity contribution in [2.75, 3.05) is 26.2 Å². The van der Waals surface area contributed by atoms with Gasteiger partial charge < -0.3 is 21.7 Å². The van der Waals surface area contributed by atoms with Crippen molar-refractivity contribution >= 4 is 17.7 Å². The lowest BCUT2D eigenvalue weighted by Crippen LogP contribution is -2.43. The van der Waals surface area contributed by atoms with Crippen LogP contribution in [-0.2, 0) is 14.4 Å². The molecule has 0 radical (unpaired) electrons. The molecule has 7 nitrogen and oxygen atoms in total. The van der Waals surface area contributed by atoms with Crippen LogP contribution in [-0.4, -0.2) is 43.9 Å². The Morgan fingerprint density at radius 3 is 1.88 bits per heavy atom. The molecule has 0 aliphatic rings. The standard InChI is InChI=1S/C10H20N4O3/c1-7(2)4-12-9(16)6-14-10(17)5-13-8(15)3-11/h7H,3-6,11H2,1-2H3,(H,12,16)(H,13,15)(H,14,17). The topological polar surface area (TPSA) is 113 Å². The van der Waals surface area contributed by atoms with Gasteiger partial charge in [-0.05, 0) is 5.92 Å². The van der Waals surface area contributed by atoms with Crippen molar-refractivity contribution in [1.29, 1.82) is 0 Å². The quantitative estimate of drug-likeness (QED) is 0.413.